The van der Waals surface area contributed by atoms with Crippen molar-refractivity contribution in [3.05, 3.63) is 29.6 Å². The van der Waals surface area contributed by atoms with Gasteiger partial charge in [-0.2, -0.15) is 0 Å². The van der Waals surface area contributed by atoms with Gasteiger partial charge < -0.3 is 0 Å². The summed E-state index contributed by atoms with van der Waals surface area (Å²) in [5.41, 5.74) is 2.26. The summed E-state index contributed by atoms with van der Waals surface area (Å²) in [5.74, 6) is 7.52. The van der Waals surface area contributed by atoms with E-state index in [0.717, 1.165) is 12.0 Å². The molecule has 1 atom stereocenters. The van der Waals surface area contributed by atoms with Gasteiger partial charge in [-0.15, -0.1) is 0 Å². The first-order chi connectivity index (χ1) is 8.11. The van der Waals surface area contributed by atoms with Crippen molar-refractivity contribution in [2.75, 3.05) is 0 Å². The zero-order valence-corrected chi connectivity index (χ0v) is 11.5. The lowest BCUT2D eigenvalue weighted by molar-refractivity contribution is 0.516. The van der Waals surface area contributed by atoms with E-state index in [-0.39, 0.29) is 0 Å². The van der Waals surface area contributed by atoms with Crippen LogP contribution in [-0.4, -0.2) is 4.98 Å². The van der Waals surface area contributed by atoms with E-state index in [9.17, 15) is 0 Å². The summed E-state index contributed by atoms with van der Waals surface area (Å²) in [5, 5.41) is 0. The van der Waals surface area contributed by atoms with Crippen LogP contribution in [0, 0.1) is 23.7 Å². The number of hydrogen-bond donors (Lipinski definition) is 0. The average molecular weight is 229 g/mol. The Morgan fingerprint density at radius 3 is 2.71 bits per heavy atom. The maximum atomic E-state index is 4.42. The van der Waals surface area contributed by atoms with Crippen LogP contribution >= 0.6 is 0 Å². The van der Waals surface area contributed by atoms with Gasteiger partial charge in [0, 0.05) is 23.4 Å². The van der Waals surface area contributed by atoms with Crippen molar-refractivity contribution in [2.24, 2.45) is 11.8 Å². The molecule has 1 nitrogen and oxygen atoms in total. The third-order valence-corrected chi connectivity index (χ3v) is 2.66. The zero-order valence-electron chi connectivity index (χ0n) is 11.5. The Bertz CT molecular complexity index is 395. The quantitative estimate of drug-likeness (QED) is 0.709. The van der Waals surface area contributed by atoms with Gasteiger partial charge >= 0.3 is 0 Å². The van der Waals surface area contributed by atoms with Crippen LogP contribution in [0.5, 0.6) is 0 Å². The standard InChI is InChI=1S/C16H23N/c1-5-6-14(4)11-16-12-15(9-10-17-16)8-7-13(2)3/h9-10,12-14H,5-6,11H2,1-4H3. The second-order valence-corrected chi connectivity index (χ2v) is 5.06. The molecule has 0 aliphatic rings. The van der Waals surface area contributed by atoms with E-state index in [2.05, 4.69) is 50.6 Å². The maximum absolute atomic E-state index is 4.42. The molecular weight excluding hydrogens is 206 g/mol. The van der Waals surface area contributed by atoms with E-state index in [1.165, 1.54) is 18.5 Å². The summed E-state index contributed by atoms with van der Waals surface area (Å²) in [6.07, 6.45) is 5.45. The van der Waals surface area contributed by atoms with E-state index in [1.807, 2.05) is 12.3 Å². The summed E-state index contributed by atoms with van der Waals surface area (Å²) >= 11 is 0. The van der Waals surface area contributed by atoms with Crippen molar-refractivity contribution < 1.29 is 0 Å². The van der Waals surface area contributed by atoms with Crippen LogP contribution in [0.25, 0.3) is 0 Å². The molecule has 1 heterocycles. The van der Waals surface area contributed by atoms with Crippen LogP contribution in [0.3, 0.4) is 0 Å². The maximum Gasteiger partial charge on any atom is 0.0418 e. The third kappa shape index (κ3) is 5.54. The van der Waals surface area contributed by atoms with Crippen molar-refractivity contribution in [1.82, 2.24) is 4.98 Å². The molecule has 0 aliphatic carbocycles. The van der Waals surface area contributed by atoms with Crippen LogP contribution in [0.15, 0.2) is 18.3 Å². The highest BCUT2D eigenvalue weighted by atomic mass is 14.7. The van der Waals surface area contributed by atoms with Crippen molar-refractivity contribution in [1.29, 1.82) is 0 Å². The molecule has 0 bridgehead atoms. The van der Waals surface area contributed by atoms with Crippen LogP contribution < -0.4 is 0 Å². The fraction of sp³-hybridized carbons (Fsp3) is 0.562. The number of nitrogens with zero attached hydrogens (tertiary/aromatic N) is 1. The summed E-state index contributed by atoms with van der Waals surface area (Å²) in [4.78, 5) is 4.42. The molecule has 1 aromatic heterocycles. The summed E-state index contributed by atoms with van der Waals surface area (Å²) in [7, 11) is 0. The third-order valence-electron chi connectivity index (χ3n) is 2.66. The molecule has 0 saturated heterocycles. The first-order valence-electron chi connectivity index (χ1n) is 6.58. The predicted octanol–water partition coefficient (Wildman–Crippen LogP) is 4.07. The minimum atomic E-state index is 0.422. The molecule has 1 unspecified atom stereocenters. The second kappa shape index (κ2) is 7.12. The zero-order chi connectivity index (χ0) is 12.7. The van der Waals surface area contributed by atoms with Gasteiger partial charge in [0.2, 0.25) is 0 Å². The molecule has 92 valence electrons. The molecule has 0 aromatic carbocycles. The molecule has 0 amide bonds. The molecule has 0 spiro atoms. The Balaban J connectivity index is 2.70. The molecule has 0 radical (unpaired) electrons. The van der Waals surface area contributed by atoms with Gasteiger partial charge in [-0.25, -0.2) is 0 Å². The van der Waals surface area contributed by atoms with Crippen molar-refractivity contribution >= 4 is 0 Å². The minimum Gasteiger partial charge on any atom is -0.261 e. The monoisotopic (exact) mass is 229 g/mol. The largest absolute Gasteiger partial charge is 0.261 e. The van der Waals surface area contributed by atoms with Gasteiger partial charge in [0.15, 0.2) is 0 Å². The predicted molar refractivity (Wildman–Crippen MR) is 73.7 cm³/mol. The molecule has 0 N–H and O–H groups in total. The first-order valence-corrected chi connectivity index (χ1v) is 6.58. The van der Waals surface area contributed by atoms with Crippen molar-refractivity contribution in [2.45, 2.75) is 47.0 Å². The normalized spacial score (nSPS) is 12.1. The SMILES string of the molecule is CCCC(C)Cc1cc(C#CC(C)C)ccn1. The fourth-order valence-electron chi connectivity index (χ4n) is 1.85. The van der Waals surface area contributed by atoms with Crippen LogP contribution in [0.1, 0.15) is 51.8 Å². The highest BCUT2D eigenvalue weighted by Gasteiger charge is 2.03. The Morgan fingerprint density at radius 2 is 2.06 bits per heavy atom. The highest BCUT2D eigenvalue weighted by molar-refractivity contribution is 5.34. The number of hydrogen-bond acceptors (Lipinski definition) is 1. The van der Waals surface area contributed by atoms with Crippen molar-refractivity contribution in [3.63, 3.8) is 0 Å². The van der Waals surface area contributed by atoms with E-state index in [1.54, 1.807) is 0 Å². The van der Waals surface area contributed by atoms with E-state index >= 15 is 0 Å². The number of rotatable bonds is 4. The molecule has 0 saturated carbocycles. The number of pyridine rings is 1. The molecule has 17 heavy (non-hydrogen) atoms. The molecule has 0 fully saturated rings. The van der Waals surface area contributed by atoms with Gasteiger partial charge in [0.25, 0.3) is 0 Å². The summed E-state index contributed by atoms with van der Waals surface area (Å²) < 4.78 is 0. The topological polar surface area (TPSA) is 12.9 Å². The first kappa shape index (κ1) is 13.8. The Kier molecular flexibility index (Phi) is 5.77. The van der Waals surface area contributed by atoms with Crippen LogP contribution in [0.4, 0.5) is 0 Å². The lowest BCUT2D eigenvalue weighted by Gasteiger charge is -2.09. The summed E-state index contributed by atoms with van der Waals surface area (Å²) in [6, 6.07) is 4.12. The Labute approximate surface area is 106 Å². The van der Waals surface area contributed by atoms with Gasteiger partial charge in [0.1, 0.15) is 0 Å². The highest BCUT2D eigenvalue weighted by Crippen LogP contribution is 2.12. The van der Waals surface area contributed by atoms with Gasteiger partial charge in [-0.3, -0.25) is 4.98 Å². The molecule has 1 rings (SSSR count). The average Bonchev–Trinajstić information content (AvgIpc) is 2.27. The smallest absolute Gasteiger partial charge is 0.0418 e. The minimum absolute atomic E-state index is 0.422. The van der Waals surface area contributed by atoms with Crippen LogP contribution in [-0.2, 0) is 6.42 Å². The lowest BCUT2D eigenvalue weighted by atomic mass is 9.99. The summed E-state index contributed by atoms with van der Waals surface area (Å²) in [6.45, 7) is 8.74. The van der Waals surface area contributed by atoms with Crippen LogP contribution in [0.2, 0.25) is 0 Å². The van der Waals surface area contributed by atoms with E-state index in [0.29, 0.717) is 11.8 Å². The van der Waals surface area contributed by atoms with Crippen molar-refractivity contribution in [3.8, 4) is 11.8 Å². The fourth-order valence-corrected chi connectivity index (χ4v) is 1.85. The molecular formula is C16H23N. The van der Waals surface area contributed by atoms with Gasteiger partial charge in [-0.1, -0.05) is 52.4 Å². The van der Waals surface area contributed by atoms with E-state index < -0.39 is 0 Å². The lowest BCUT2D eigenvalue weighted by Crippen LogP contribution is -2.01. The van der Waals surface area contributed by atoms with E-state index in [4.69, 9.17) is 0 Å². The van der Waals surface area contributed by atoms with Gasteiger partial charge in [0.05, 0.1) is 0 Å². The number of aromatic nitrogens is 1. The molecule has 1 aromatic rings. The Hall–Kier alpha value is -1.29. The molecule has 0 aliphatic heterocycles. The second-order valence-electron chi connectivity index (χ2n) is 5.06. The molecule has 1 heteroatoms. The van der Waals surface area contributed by atoms with Gasteiger partial charge in [-0.05, 0) is 24.5 Å². The Morgan fingerprint density at radius 1 is 1.29 bits per heavy atom.